The maximum Gasteiger partial charge on any atom is 0.193 e. The molecule has 0 fully saturated rings. The molecule has 0 saturated heterocycles. The second-order valence-corrected chi connectivity index (χ2v) is 13.1. The van der Waals surface area contributed by atoms with Crippen LogP contribution in [0, 0.1) is 0 Å². The molecule has 5 aliphatic rings. The second-order valence-electron chi connectivity index (χ2n) is 13.1. The van der Waals surface area contributed by atoms with Crippen molar-refractivity contribution in [3.05, 3.63) is 139 Å². The van der Waals surface area contributed by atoms with E-state index >= 15 is 0 Å². The summed E-state index contributed by atoms with van der Waals surface area (Å²) in [6.07, 6.45) is 9.62. The molecule has 42 heavy (non-hydrogen) atoms. The molecule has 2 heteroatoms. The lowest BCUT2D eigenvalue weighted by molar-refractivity contribution is 0.102. The third-order valence-corrected chi connectivity index (χ3v) is 11.2. The van der Waals surface area contributed by atoms with Gasteiger partial charge in [0.25, 0.3) is 0 Å². The number of Topliss-reactive ketones (excluding diaryl/α,β-unsaturated/α-hetero) is 1. The van der Waals surface area contributed by atoms with Crippen molar-refractivity contribution in [3.63, 3.8) is 0 Å². The summed E-state index contributed by atoms with van der Waals surface area (Å²) >= 11 is 0. The third kappa shape index (κ3) is 3.27. The number of hydrogen-bond acceptors (Lipinski definition) is 2. The lowest BCUT2D eigenvalue weighted by Crippen LogP contribution is -2.25. The Kier molecular flexibility index (Phi) is 5.61. The molecule has 4 unspecified atom stereocenters. The lowest BCUT2D eigenvalue weighted by Gasteiger charge is -2.36. The highest BCUT2D eigenvalue weighted by atomic mass is 16.1. The molecule has 0 aliphatic heterocycles. The maximum atomic E-state index is 14.4. The normalized spacial score (nSPS) is 25.6. The quantitative estimate of drug-likeness (QED) is 0.324. The van der Waals surface area contributed by atoms with Gasteiger partial charge < -0.3 is 0 Å². The van der Waals surface area contributed by atoms with Crippen LogP contribution in [0.4, 0.5) is 0 Å². The van der Waals surface area contributed by atoms with Crippen molar-refractivity contribution in [1.29, 1.82) is 0 Å². The van der Waals surface area contributed by atoms with Crippen molar-refractivity contribution in [2.45, 2.75) is 89.9 Å². The molecule has 0 saturated carbocycles. The Hall–Kier alpha value is -3.78. The first-order chi connectivity index (χ1) is 20.4. The van der Waals surface area contributed by atoms with Gasteiger partial charge in [0.05, 0.1) is 0 Å². The van der Waals surface area contributed by atoms with E-state index in [1.54, 1.807) is 0 Å². The Balaban J connectivity index is 1.55. The average molecular weight is 551 g/mol. The largest absolute Gasteiger partial charge is 0.289 e. The first kappa shape index (κ1) is 25.9. The smallest absolute Gasteiger partial charge is 0.193 e. The molecule has 0 amide bonds. The molecule has 7 bridgehead atoms. The molecule has 2 nitrogen and oxygen atoms in total. The second kappa shape index (κ2) is 9.11. The molecule has 0 N–H and O–H groups in total. The minimum atomic E-state index is 0.140. The summed E-state index contributed by atoms with van der Waals surface area (Å²) in [5.74, 6) is 1.03. The van der Waals surface area contributed by atoms with E-state index in [-0.39, 0.29) is 35.2 Å². The van der Waals surface area contributed by atoms with Crippen LogP contribution in [0.25, 0.3) is 0 Å². The van der Waals surface area contributed by atoms with Gasteiger partial charge in [-0.3, -0.25) is 9.59 Å². The molecule has 8 rings (SSSR count). The zero-order valence-electron chi connectivity index (χ0n) is 25.2. The van der Waals surface area contributed by atoms with Crippen LogP contribution in [0.2, 0.25) is 0 Å². The first-order valence-corrected chi connectivity index (χ1v) is 16.1. The van der Waals surface area contributed by atoms with Crippen molar-refractivity contribution in [1.82, 2.24) is 0 Å². The van der Waals surface area contributed by atoms with E-state index in [2.05, 4.69) is 82.8 Å². The van der Waals surface area contributed by atoms with Gasteiger partial charge >= 0.3 is 0 Å². The SMILES string of the molecule is C=C1/C=C2\C3=CCc4cc5c(cc4C1CC)C(CC)c1cc4c(cc1C5=O)Cc1cc(c(cc1C4CC)C2CC)C3=O. The number of ketones is 2. The fraction of sp³-hybridized carbons (Fsp3) is 0.350. The van der Waals surface area contributed by atoms with Gasteiger partial charge in [-0.25, -0.2) is 0 Å². The van der Waals surface area contributed by atoms with Crippen LogP contribution < -0.4 is 0 Å². The number of fused-ring (bicyclic) bond motifs is 1. The molecule has 5 aliphatic carbocycles. The van der Waals surface area contributed by atoms with Gasteiger partial charge in [0.2, 0.25) is 0 Å². The molecule has 0 aromatic heterocycles. The van der Waals surface area contributed by atoms with E-state index in [4.69, 9.17) is 0 Å². The molecule has 4 atom stereocenters. The predicted molar refractivity (Wildman–Crippen MR) is 169 cm³/mol. The molecule has 0 spiro atoms. The highest BCUT2D eigenvalue weighted by molar-refractivity contribution is 6.15. The van der Waals surface area contributed by atoms with Crippen molar-refractivity contribution >= 4 is 11.6 Å². The standard InChI is InChI=1S/C40H38O2/c1-6-24-20(5)12-32-26(8-3)34-18-30-22-13-23-16-38-35(19-31(23)25(30)7-2)27(9-4)33-17-29(24)21(14-36(33)40(38)42)10-11-28(32)39(41)37(34)15-22/h11-12,14-19,24-27H,5-10,13H2,1-4H3/b28-11?,32-12-. The summed E-state index contributed by atoms with van der Waals surface area (Å²) in [6.45, 7) is 13.7. The number of hydrogen-bond donors (Lipinski definition) is 0. The minimum absolute atomic E-state index is 0.140. The monoisotopic (exact) mass is 550 g/mol. The van der Waals surface area contributed by atoms with Crippen LogP contribution in [-0.2, 0) is 12.8 Å². The maximum absolute atomic E-state index is 14.4. The average Bonchev–Trinajstić information content (AvgIpc) is 3.04. The Morgan fingerprint density at radius 1 is 0.595 bits per heavy atom. The minimum Gasteiger partial charge on any atom is -0.289 e. The van der Waals surface area contributed by atoms with Crippen molar-refractivity contribution in [3.8, 4) is 0 Å². The summed E-state index contributed by atoms with van der Waals surface area (Å²) < 4.78 is 0. The van der Waals surface area contributed by atoms with E-state index < -0.39 is 0 Å². The van der Waals surface area contributed by atoms with E-state index in [0.29, 0.717) is 6.42 Å². The molecular formula is C40H38O2. The van der Waals surface area contributed by atoms with Gasteiger partial charge in [0, 0.05) is 45.9 Å². The molecule has 0 radical (unpaired) electrons. The van der Waals surface area contributed by atoms with E-state index in [0.717, 1.165) is 71.1 Å². The number of rotatable bonds is 4. The highest BCUT2D eigenvalue weighted by Crippen LogP contribution is 2.51. The van der Waals surface area contributed by atoms with Gasteiger partial charge in [-0.05, 0) is 118 Å². The predicted octanol–water partition coefficient (Wildman–Crippen LogP) is 9.38. The Morgan fingerprint density at radius 2 is 1.07 bits per heavy atom. The highest BCUT2D eigenvalue weighted by Gasteiger charge is 2.39. The van der Waals surface area contributed by atoms with Crippen LogP contribution in [0.3, 0.4) is 0 Å². The fourth-order valence-electron chi connectivity index (χ4n) is 9.17. The van der Waals surface area contributed by atoms with Gasteiger partial charge in [-0.15, -0.1) is 0 Å². The zero-order valence-corrected chi connectivity index (χ0v) is 25.2. The summed E-state index contributed by atoms with van der Waals surface area (Å²) in [4.78, 5) is 28.8. The summed E-state index contributed by atoms with van der Waals surface area (Å²) in [6, 6.07) is 13.8. The lowest BCUT2D eigenvalue weighted by atomic mass is 9.67. The molecule has 3 aromatic rings. The topological polar surface area (TPSA) is 34.1 Å². The van der Waals surface area contributed by atoms with Gasteiger partial charge in [-0.2, -0.15) is 0 Å². The fourth-order valence-corrected chi connectivity index (χ4v) is 9.17. The van der Waals surface area contributed by atoms with Crippen molar-refractivity contribution in [2.75, 3.05) is 0 Å². The van der Waals surface area contributed by atoms with Crippen molar-refractivity contribution < 1.29 is 9.59 Å². The van der Waals surface area contributed by atoms with Gasteiger partial charge in [-0.1, -0.05) is 64.6 Å². The van der Waals surface area contributed by atoms with Gasteiger partial charge in [0.15, 0.2) is 11.6 Å². The number of benzene rings is 3. The third-order valence-electron chi connectivity index (χ3n) is 11.2. The number of carbonyl (C=O) groups is 2. The summed E-state index contributed by atoms with van der Waals surface area (Å²) in [7, 11) is 0. The van der Waals surface area contributed by atoms with E-state index in [9.17, 15) is 9.59 Å². The number of allylic oxidation sites excluding steroid dienone is 5. The zero-order chi connectivity index (χ0) is 29.0. The molecule has 3 aromatic carbocycles. The van der Waals surface area contributed by atoms with Crippen LogP contribution in [-0.4, -0.2) is 11.6 Å². The Labute approximate surface area is 249 Å². The van der Waals surface area contributed by atoms with Crippen LogP contribution in [0.1, 0.15) is 153 Å². The molecular weight excluding hydrogens is 512 g/mol. The van der Waals surface area contributed by atoms with Crippen LogP contribution in [0.15, 0.2) is 71.8 Å². The van der Waals surface area contributed by atoms with E-state index in [1.165, 1.54) is 44.5 Å². The van der Waals surface area contributed by atoms with E-state index in [1.807, 2.05) is 0 Å². The number of carbonyl (C=O) groups excluding carboxylic acids is 2. The Bertz CT molecular complexity index is 1840. The summed E-state index contributed by atoms with van der Waals surface area (Å²) in [5, 5.41) is 0. The molecule has 0 heterocycles. The van der Waals surface area contributed by atoms with Crippen LogP contribution >= 0.6 is 0 Å². The van der Waals surface area contributed by atoms with Crippen molar-refractivity contribution in [2.24, 2.45) is 0 Å². The molecule has 210 valence electrons. The first-order valence-electron chi connectivity index (χ1n) is 16.1. The Morgan fingerprint density at radius 3 is 1.64 bits per heavy atom. The van der Waals surface area contributed by atoms with Gasteiger partial charge in [0.1, 0.15) is 0 Å². The summed E-state index contributed by atoms with van der Waals surface area (Å²) in [5.41, 5.74) is 16.8. The van der Waals surface area contributed by atoms with Crippen LogP contribution in [0.5, 0.6) is 0 Å².